The lowest BCUT2D eigenvalue weighted by molar-refractivity contribution is 0.912. The summed E-state index contributed by atoms with van der Waals surface area (Å²) in [6, 6.07) is 6.54. The fourth-order valence-electron chi connectivity index (χ4n) is 2.22. The Morgan fingerprint density at radius 3 is 2.69 bits per heavy atom. The zero-order valence-corrected chi connectivity index (χ0v) is 8.98. The summed E-state index contributed by atoms with van der Waals surface area (Å²) in [6.45, 7) is 0. The van der Waals surface area contributed by atoms with E-state index in [0.717, 1.165) is 11.3 Å². The molecule has 1 aromatic carbocycles. The molecule has 80 valence electrons. The van der Waals surface area contributed by atoms with Gasteiger partial charge in [-0.2, -0.15) is 0 Å². The van der Waals surface area contributed by atoms with E-state index in [1.54, 1.807) is 12.4 Å². The first kappa shape index (κ1) is 9.33. The van der Waals surface area contributed by atoms with Gasteiger partial charge in [0.15, 0.2) is 0 Å². The molecule has 0 amide bonds. The van der Waals surface area contributed by atoms with E-state index in [9.17, 15) is 0 Å². The maximum Gasteiger partial charge on any atom is 0.141 e. The Morgan fingerprint density at radius 1 is 1.00 bits per heavy atom. The van der Waals surface area contributed by atoms with Gasteiger partial charge in [-0.1, -0.05) is 12.1 Å². The minimum atomic E-state index is 0.463. The first-order valence-electron chi connectivity index (χ1n) is 5.52. The number of fused-ring (bicyclic) bond motifs is 1. The Kier molecular flexibility index (Phi) is 2.10. The van der Waals surface area contributed by atoms with Crippen molar-refractivity contribution in [3.05, 3.63) is 41.7 Å². The minimum absolute atomic E-state index is 0.463. The molecule has 0 fully saturated rings. The Labute approximate surface area is 94.4 Å². The molecule has 0 saturated heterocycles. The summed E-state index contributed by atoms with van der Waals surface area (Å²) in [5, 5.41) is 0. The summed E-state index contributed by atoms with van der Waals surface area (Å²) in [7, 11) is 0. The molecule has 3 nitrogen and oxygen atoms in total. The Hall–Kier alpha value is -1.90. The van der Waals surface area contributed by atoms with Crippen molar-refractivity contribution in [1.82, 2.24) is 9.97 Å². The molecule has 0 spiro atoms. The van der Waals surface area contributed by atoms with Gasteiger partial charge >= 0.3 is 0 Å². The quantitative estimate of drug-likeness (QED) is 0.786. The highest BCUT2D eigenvalue weighted by Gasteiger charge is 2.11. The second-order valence-corrected chi connectivity index (χ2v) is 4.16. The number of hydrogen-bond donors (Lipinski definition) is 1. The maximum absolute atomic E-state index is 5.52. The van der Waals surface area contributed by atoms with Crippen LogP contribution in [0.15, 0.2) is 30.6 Å². The van der Waals surface area contributed by atoms with Crippen LogP contribution in [0.25, 0.3) is 11.3 Å². The molecule has 0 atom stereocenters. The largest absolute Gasteiger partial charge is 0.382 e. The van der Waals surface area contributed by atoms with Crippen molar-refractivity contribution in [2.24, 2.45) is 0 Å². The van der Waals surface area contributed by atoms with Crippen LogP contribution in [0.3, 0.4) is 0 Å². The summed E-state index contributed by atoms with van der Waals surface area (Å²) in [4.78, 5) is 8.35. The third kappa shape index (κ3) is 1.54. The number of nitrogens with zero attached hydrogens (tertiary/aromatic N) is 2. The van der Waals surface area contributed by atoms with E-state index in [0.29, 0.717) is 5.82 Å². The third-order valence-electron chi connectivity index (χ3n) is 3.07. The minimum Gasteiger partial charge on any atom is -0.382 e. The molecule has 2 aromatic rings. The molecule has 0 radical (unpaired) electrons. The highest BCUT2D eigenvalue weighted by molar-refractivity contribution is 5.61. The molecule has 2 N–H and O–H groups in total. The van der Waals surface area contributed by atoms with Crippen molar-refractivity contribution in [3.63, 3.8) is 0 Å². The summed E-state index contributed by atoms with van der Waals surface area (Å²) < 4.78 is 0. The van der Waals surface area contributed by atoms with E-state index >= 15 is 0 Å². The average molecular weight is 211 g/mol. The Balaban J connectivity index is 2.03. The molecule has 0 saturated carbocycles. The molecule has 0 bridgehead atoms. The number of aromatic nitrogens is 2. The van der Waals surface area contributed by atoms with Gasteiger partial charge in [0.25, 0.3) is 0 Å². The second kappa shape index (κ2) is 3.59. The van der Waals surface area contributed by atoms with E-state index in [-0.39, 0.29) is 0 Å². The van der Waals surface area contributed by atoms with Crippen LogP contribution in [0.2, 0.25) is 0 Å². The molecule has 16 heavy (non-hydrogen) atoms. The number of anilines is 1. The van der Waals surface area contributed by atoms with E-state index in [1.807, 2.05) is 0 Å². The number of nitrogen functional groups attached to an aromatic ring is 1. The monoisotopic (exact) mass is 211 g/mol. The van der Waals surface area contributed by atoms with Crippen LogP contribution in [0.4, 0.5) is 5.82 Å². The predicted octanol–water partition coefficient (Wildman–Crippen LogP) is 2.21. The number of nitrogens with two attached hydrogens (primary N) is 1. The van der Waals surface area contributed by atoms with Gasteiger partial charge in [0.2, 0.25) is 0 Å². The van der Waals surface area contributed by atoms with Gasteiger partial charge in [-0.25, -0.2) is 4.98 Å². The van der Waals surface area contributed by atoms with Crippen LogP contribution in [0, 0.1) is 0 Å². The van der Waals surface area contributed by atoms with E-state index < -0.39 is 0 Å². The van der Waals surface area contributed by atoms with Gasteiger partial charge < -0.3 is 5.73 Å². The summed E-state index contributed by atoms with van der Waals surface area (Å²) in [5.74, 6) is 0.463. The number of rotatable bonds is 1. The van der Waals surface area contributed by atoms with Gasteiger partial charge in [-0.05, 0) is 36.5 Å². The third-order valence-corrected chi connectivity index (χ3v) is 3.07. The van der Waals surface area contributed by atoms with Gasteiger partial charge in [-0.15, -0.1) is 0 Å². The SMILES string of the molecule is Nc1cnc(-c2ccc3c(c2)CCC3)cn1. The molecule has 3 heteroatoms. The van der Waals surface area contributed by atoms with Gasteiger partial charge in [0.1, 0.15) is 5.82 Å². The molecule has 0 unspecified atom stereocenters. The van der Waals surface area contributed by atoms with Crippen molar-refractivity contribution in [1.29, 1.82) is 0 Å². The van der Waals surface area contributed by atoms with Crippen LogP contribution in [-0.4, -0.2) is 9.97 Å². The Bertz CT molecular complexity index is 517. The van der Waals surface area contributed by atoms with Crippen molar-refractivity contribution >= 4 is 5.82 Å². The van der Waals surface area contributed by atoms with Gasteiger partial charge in [0.05, 0.1) is 18.1 Å². The normalized spacial score (nSPS) is 13.8. The smallest absolute Gasteiger partial charge is 0.141 e. The molecule has 1 aliphatic rings. The first-order chi connectivity index (χ1) is 7.83. The Morgan fingerprint density at radius 2 is 1.88 bits per heavy atom. The number of aryl methyl sites for hydroxylation is 2. The van der Waals surface area contributed by atoms with Crippen molar-refractivity contribution in [2.75, 3.05) is 5.73 Å². The second-order valence-electron chi connectivity index (χ2n) is 4.16. The van der Waals surface area contributed by atoms with Gasteiger partial charge in [0, 0.05) is 5.56 Å². The average Bonchev–Trinajstić information content (AvgIpc) is 2.77. The first-order valence-corrected chi connectivity index (χ1v) is 5.52. The maximum atomic E-state index is 5.52. The lowest BCUT2D eigenvalue weighted by Gasteiger charge is -2.04. The van der Waals surface area contributed by atoms with E-state index in [2.05, 4.69) is 28.2 Å². The highest BCUT2D eigenvalue weighted by Crippen LogP contribution is 2.26. The number of benzene rings is 1. The molecule has 1 aromatic heterocycles. The topological polar surface area (TPSA) is 51.8 Å². The zero-order chi connectivity index (χ0) is 11.0. The lowest BCUT2D eigenvalue weighted by Crippen LogP contribution is -1.93. The molecule has 0 aliphatic heterocycles. The highest BCUT2D eigenvalue weighted by atomic mass is 14.9. The summed E-state index contributed by atoms with van der Waals surface area (Å²) in [5.41, 5.74) is 10.5. The summed E-state index contributed by atoms with van der Waals surface area (Å²) >= 11 is 0. The predicted molar refractivity (Wildman–Crippen MR) is 63.9 cm³/mol. The standard InChI is InChI=1S/C13H13N3/c14-13-8-15-12(7-16-13)11-5-4-9-2-1-3-10(9)6-11/h4-8H,1-3H2,(H2,14,16). The van der Waals surface area contributed by atoms with Crippen LogP contribution in [0.1, 0.15) is 17.5 Å². The van der Waals surface area contributed by atoms with E-state index in [1.165, 1.54) is 30.4 Å². The van der Waals surface area contributed by atoms with Crippen LogP contribution < -0.4 is 5.73 Å². The number of hydrogen-bond acceptors (Lipinski definition) is 3. The molecular weight excluding hydrogens is 198 g/mol. The molecular formula is C13H13N3. The van der Waals surface area contributed by atoms with Crippen molar-refractivity contribution < 1.29 is 0 Å². The summed E-state index contributed by atoms with van der Waals surface area (Å²) in [6.07, 6.45) is 7.00. The molecule has 3 rings (SSSR count). The van der Waals surface area contributed by atoms with Crippen molar-refractivity contribution in [3.8, 4) is 11.3 Å². The fourth-order valence-corrected chi connectivity index (χ4v) is 2.22. The van der Waals surface area contributed by atoms with Crippen LogP contribution >= 0.6 is 0 Å². The van der Waals surface area contributed by atoms with E-state index in [4.69, 9.17) is 5.73 Å². The molecule has 1 aliphatic carbocycles. The van der Waals surface area contributed by atoms with Crippen molar-refractivity contribution in [2.45, 2.75) is 19.3 Å². The lowest BCUT2D eigenvalue weighted by atomic mass is 10.0. The van der Waals surface area contributed by atoms with Crippen LogP contribution in [0.5, 0.6) is 0 Å². The molecule has 1 heterocycles. The zero-order valence-electron chi connectivity index (χ0n) is 8.98. The van der Waals surface area contributed by atoms with Crippen LogP contribution in [-0.2, 0) is 12.8 Å². The van der Waals surface area contributed by atoms with Gasteiger partial charge in [-0.3, -0.25) is 4.98 Å². The fraction of sp³-hybridized carbons (Fsp3) is 0.231.